The highest BCUT2D eigenvalue weighted by atomic mass is 32.2. The van der Waals surface area contributed by atoms with E-state index in [-0.39, 0.29) is 29.6 Å². The molecule has 0 aliphatic carbocycles. The molecule has 0 radical (unpaired) electrons. The maximum Gasteiger partial charge on any atom is 0.255 e. The molecule has 1 heterocycles. The standard InChI is InChI=1S/C23H31N3O4S/c1-5-24-31(28,29)20-11-10-16(2)21(12-20)23(27)25-22-9-7-6-8-19(22)15-26-13-17(3)30-18(4)14-26/h6-12,17-18,24H,5,13-15H2,1-4H3,(H,25,27). The Morgan fingerprint density at radius 2 is 1.81 bits per heavy atom. The van der Waals surface area contributed by atoms with Crippen molar-refractivity contribution in [1.82, 2.24) is 9.62 Å². The lowest BCUT2D eigenvalue weighted by Crippen LogP contribution is -2.44. The van der Waals surface area contributed by atoms with Gasteiger partial charge in [-0.1, -0.05) is 31.2 Å². The number of morpholine rings is 1. The Morgan fingerprint density at radius 3 is 2.48 bits per heavy atom. The van der Waals surface area contributed by atoms with Crippen LogP contribution in [0.2, 0.25) is 0 Å². The molecule has 1 saturated heterocycles. The van der Waals surface area contributed by atoms with Crippen LogP contribution in [0.15, 0.2) is 47.4 Å². The molecule has 3 rings (SSSR count). The lowest BCUT2D eigenvalue weighted by molar-refractivity contribution is -0.0704. The van der Waals surface area contributed by atoms with Gasteiger partial charge in [-0.2, -0.15) is 0 Å². The molecule has 1 fully saturated rings. The van der Waals surface area contributed by atoms with Crippen LogP contribution in [0, 0.1) is 6.92 Å². The Balaban J connectivity index is 1.81. The van der Waals surface area contributed by atoms with Crippen LogP contribution in [0.4, 0.5) is 5.69 Å². The largest absolute Gasteiger partial charge is 0.373 e. The second-order valence-electron chi connectivity index (χ2n) is 8.04. The van der Waals surface area contributed by atoms with Crippen molar-refractivity contribution in [2.45, 2.75) is 51.3 Å². The molecular weight excluding hydrogens is 414 g/mol. The summed E-state index contributed by atoms with van der Waals surface area (Å²) in [6.45, 7) is 10.3. The van der Waals surface area contributed by atoms with E-state index in [0.29, 0.717) is 17.7 Å². The van der Waals surface area contributed by atoms with Crippen molar-refractivity contribution >= 4 is 21.6 Å². The number of ether oxygens (including phenoxy) is 1. The molecule has 0 saturated carbocycles. The molecule has 7 nitrogen and oxygen atoms in total. The van der Waals surface area contributed by atoms with Gasteiger partial charge in [0.1, 0.15) is 0 Å². The summed E-state index contributed by atoms with van der Waals surface area (Å²) in [6, 6.07) is 12.3. The fourth-order valence-corrected chi connectivity index (χ4v) is 4.98. The maximum atomic E-state index is 13.1. The van der Waals surface area contributed by atoms with Crippen LogP contribution in [-0.4, -0.2) is 51.1 Å². The molecule has 8 heteroatoms. The first-order valence-electron chi connectivity index (χ1n) is 10.6. The van der Waals surface area contributed by atoms with Gasteiger partial charge in [0.25, 0.3) is 5.91 Å². The minimum atomic E-state index is -3.64. The van der Waals surface area contributed by atoms with Gasteiger partial charge in [0.05, 0.1) is 17.1 Å². The van der Waals surface area contributed by atoms with Crippen LogP contribution in [0.3, 0.4) is 0 Å². The SMILES string of the molecule is CCNS(=O)(=O)c1ccc(C)c(C(=O)Nc2ccccc2CN2CC(C)OC(C)C2)c1. The van der Waals surface area contributed by atoms with Crippen LogP contribution in [0.25, 0.3) is 0 Å². The van der Waals surface area contributed by atoms with Gasteiger partial charge in [0, 0.05) is 37.4 Å². The van der Waals surface area contributed by atoms with Gasteiger partial charge in [-0.3, -0.25) is 9.69 Å². The second kappa shape index (κ2) is 9.91. The summed E-state index contributed by atoms with van der Waals surface area (Å²) < 4.78 is 33.0. The molecule has 0 bridgehead atoms. The van der Waals surface area contributed by atoms with Crippen molar-refractivity contribution in [3.05, 3.63) is 59.2 Å². The van der Waals surface area contributed by atoms with Gasteiger partial charge in [-0.15, -0.1) is 0 Å². The average molecular weight is 446 g/mol. The lowest BCUT2D eigenvalue weighted by Gasteiger charge is -2.35. The number of anilines is 1. The summed E-state index contributed by atoms with van der Waals surface area (Å²) in [7, 11) is -3.64. The fraction of sp³-hybridized carbons (Fsp3) is 0.435. The predicted molar refractivity (Wildman–Crippen MR) is 122 cm³/mol. The van der Waals surface area contributed by atoms with Crippen LogP contribution in [-0.2, 0) is 21.3 Å². The number of hydrogen-bond acceptors (Lipinski definition) is 5. The zero-order valence-electron chi connectivity index (χ0n) is 18.5. The van der Waals surface area contributed by atoms with Crippen LogP contribution >= 0.6 is 0 Å². The van der Waals surface area contributed by atoms with Crippen LogP contribution < -0.4 is 10.0 Å². The third-order valence-electron chi connectivity index (χ3n) is 5.25. The molecule has 1 aliphatic rings. The number of sulfonamides is 1. The van der Waals surface area contributed by atoms with Gasteiger partial charge < -0.3 is 10.1 Å². The summed E-state index contributed by atoms with van der Waals surface area (Å²) >= 11 is 0. The summed E-state index contributed by atoms with van der Waals surface area (Å²) in [4.78, 5) is 15.5. The third-order valence-corrected chi connectivity index (χ3v) is 6.80. The van der Waals surface area contributed by atoms with Gasteiger partial charge in [-0.05, 0) is 50.1 Å². The average Bonchev–Trinajstić information content (AvgIpc) is 2.68. The van der Waals surface area contributed by atoms with Crippen molar-refractivity contribution in [2.24, 2.45) is 0 Å². The molecule has 2 aromatic carbocycles. The molecule has 2 unspecified atom stereocenters. The van der Waals surface area contributed by atoms with Crippen molar-refractivity contribution in [1.29, 1.82) is 0 Å². The Bertz CT molecular complexity index is 1030. The van der Waals surface area contributed by atoms with Crippen LogP contribution in [0.5, 0.6) is 0 Å². The van der Waals surface area contributed by atoms with Gasteiger partial charge in [0.2, 0.25) is 10.0 Å². The highest BCUT2D eigenvalue weighted by Crippen LogP contribution is 2.22. The number of nitrogens with one attached hydrogen (secondary N) is 2. The van der Waals surface area contributed by atoms with Crippen molar-refractivity contribution in [3.8, 4) is 0 Å². The topological polar surface area (TPSA) is 87.7 Å². The van der Waals surface area contributed by atoms with E-state index in [0.717, 1.165) is 24.3 Å². The molecule has 0 spiro atoms. The molecule has 31 heavy (non-hydrogen) atoms. The summed E-state index contributed by atoms with van der Waals surface area (Å²) in [5.41, 5.74) is 2.77. The van der Waals surface area contributed by atoms with E-state index in [9.17, 15) is 13.2 Å². The Hall–Kier alpha value is -2.26. The first-order chi connectivity index (χ1) is 14.7. The minimum absolute atomic E-state index is 0.0784. The second-order valence-corrected chi connectivity index (χ2v) is 9.81. The quantitative estimate of drug-likeness (QED) is 0.684. The first-order valence-corrected chi connectivity index (χ1v) is 12.0. The molecule has 2 aromatic rings. The van der Waals surface area contributed by atoms with Crippen molar-refractivity contribution < 1.29 is 17.9 Å². The smallest absolute Gasteiger partial charge is 0.255 e. The first kappa shape index (κ1) is 23.4. The number of nitrogens with zero attached hydrogens (tertiary/aromatic N) is 1. The fourth-order valence-electron chi connectivity index (χ4n) is 3.91. The predicted octanol–water partition coefficient (Wildman–Crippen LogP) is 3.15. The van der Waals surface area contributed by atoms with Gasteiger partial charge in [0.15, 0.2) is 0 Å². The van der Waals surface area contributed by atoms with Crippen molar-refractivity contribution in [3.63, 3.8) is 0 Å². The lowest BCUT2D eigenvalue weighted by atomic mass is 10.1. The molecule has 0 aromatic heterocycles. The summed E-state index contributed by atoms with van der Waals surface area (Å²) in [5.74, 6) is -0.331. The van der Waals surface area contributed by atoms with E-state index in [1.165, 1.54) is 12.1 Å². The number of aryl methyl sites for hydroxylation is 1. The monoisotopic (exact) mass is 445 g/mol. The number of carbonyl (C=O) groups excluding carboxylic acids is 1. The van der Waals surface area contributed by atoms with E-state index in [2.05, 4.69) is 28.8 Å². The summed E-state index contributed by atoms with van der Waals surface area (Å²) in [6.07, 6.45) is 0.323. The summed E-state index contributed by atoms with van der Waals surface area (Å²) in [5, 5.41) is 2.98. The molecule has 2 N–H and O–H groups in total. The Kier molecular flexibility index (Phi) is 7.48. The number of rotatable bonds is 7. The van der Waals surface area contributed by atoms with Crippen molar-refractivity contribution in [2.75, 3.05) is 25.0 Å². The number of carbonyl (C=O) groups is 1. The van der Waals surface area contributed by atoms with E-state index in [1.807, 2.05) is 24.3 Å². The molecule has 1 amide bonds. The molecular formula is C23H31N3O4S. The van der Waals surface area contributed by atoms with E-state index < -0.39 is 10.0 Å². The maximum absolute atomic E-state index is 13.1. The van der Waals surface area contributed by atoms with E-state index >= 15 is 0 Å². The van der Waals surface area contributed by atoms with Gasteiger partial charge >= 0.3 is 0 Å². The molecule has 1 aliphatic heterocycles. The van der Waals surface area contributed by atoms with E-state index in [1.54, 1.807) is 19.9 Å². The minimum Gasteiger partial charge on any atom is -0.373 e. The third kappa shape index (κ3) is 5.92. The Morgan fingerprint density at radius 1 is 1.13 bits per heavy atom. The van der Waals surface area contributed by atoms with Crippen LogP contribution in [0.1, 0.15) is 42.3 Å². The molecule has 2 atom stereocenters. The van der Waals surface area contributed by atoms with E-state index in [4.69, 9.17) is 4.74 Å². The number of benzene rings is 2. The normalized spacial score (nSPS) is 19.9. The zero-order chi connectivity index (χ0) is 22.6. The Labute approximate surface area is 184 Å². The highest BCUT2D eigenvalue weighted by Gasteiger charge is 2.23. The number of amides is 1. The zero-order valence-corrected chi connectivity index (χ0v) is 19.3. The highest BCUT2D eigenvalue weighted by molar-refractivity contribution is 7.89. The number of para-hydroxylation sites is 1. The molecule has 168 valence electrons. The van der Waals surface area contributed by atoms with Gasteiger partial charge in [-0.25, -0.2) is 13.1 Å². The number of hydrogen-bond donors (Lipinski definition) is 2.